The molecule has 22 heavy (non-hydrogen) atoms. The molecule has 114 valence electrons. The smallest absolute Gasteiger partial charge is 0.227 e. The lowest BCUT2D eigenvalue weighted by molar-refractivity contribution is -0.119. The van der Waals surface area contributed by atoms with Crippen LogP contribution in [0.1, 0.15) is 36.8 Å². The lowest BCUT2D eigenvalue weighted by atomic mass is 10.0. The van der Waals surface area contributed by atoms with Gasteiger partial charge in [0.1, 0.15) is 5.75 Å². The van der Waals surface area contributed by atoms with Gasteiger partial charge in [-0.15, -0.1) is 0 Å². The van der Waals surface area contributed by atoms with E-state index in [4.69, 9.17) is 0 Å². The first-order valence-corrected chi connectivity index (χ1v) is 7.88. The summed E-state index contributed by atoms with van der Waals surface area (Å²) in [5.41, 5.74) is 2.86. The molecule has 1 fully saturated rings. The molecule has 0 saturated heterocycles. The van der Waals surface area contributed by atoms with Crippen molar-refractivity contribution in [3.8, 4) is 5.75 Å². The molecule has 0 atom stereocenters. The van der Waals surface area contributed by atoms with Crippen molar-refractivity contribution in [3.05, 3.63) is 59.7 Å². The second-order valence-corrected chi connectivity index (χ2v) is 6.02. The molecule has 0 unspecified atom stereocenters. The van der Waals surface area contributed by atoms with Gasteiger partial charge >= 0.3 is 0 Å². The third kappa shape index (κ3) is 3.67. The molecule has 1 aliphatic carbocycles. The fourth-order valence-corrected chi connectivity index (χ4v) is 3.11. The van der Waals surface area contributed by atoms with Crippen molar-refractivity contribution in [3.63, 3.8) is 0 Å². The average Bonchev–Trinajstić information content (AvgIpc) is 3.02. The third-order valence-electron chi connectivity index (χ3n) is 4.22. The van der Waals surface area contributed by atoms with Gasteiger partial charge in [-0.1, -0.05) is 43.2 Å². The van der Waals surface area contributed by atoms with Crippen molar-refractivity contribution >= 4 is 11.6 Å². The molecule has 1 saturated carbocycles. The summed E-state index contributed by atoms with van der Waals surface area (Å²) in [6, 6.07) is 15.4. The van der Waals surface area contributed by atoms with E-state index in [1.807, 2.05) is 24.3 Å². The number of phenols is 1. The molecule has 1 amide bonds. The van der Waals surface area contributed by atoms with E-state index in [1.54, 1.807) is 12.1 Å². The van der Waals surface area contributed by atoms with Gasteiger partial charge in [0.2, 0.25) is 5.91 Å². The maximum absolute atomic E-state index is 12.2. The zero-order valence-electron chi connectivity index (χ0n) is 12.6. The molecule has 0 spiro atoms. The van der Waals surface area contributed by atoms with Crippen molar-refractivity contribution in [1.29, 1.82) is 0 Å². The van der Waals surface area contributed by atoms with E-state index in [0.717, 1.165) is 37.7 Å². The van der Waals surface area contributed by atoms with Crippen LogP contribution in [0, 0.1) is 5.92 Å². The van der Waals surface area contributed by atoms with E-state index in [0.29, 0.717) is 5.69 Å². The monoisotopic (exact) mass is 295 g/mol. The molecule has 1 aliphatic rings. The van der Waals surface area contributed by atoms with Gasteiger partial charge in [-0.2, -0.15) is 0 Å². The number of aromatic hydroxyl groups is 1. The van der Waals surface area contributed by atoms with Gasteiger partial charge in [0.25, 0.3) is 0 Å². The van der Waals surface area contributed by atoms with Crippen LogP contribution in [0.5, 0.6) is 5.75 Å². The number of benzene rings is 2. The summed E-state index contributed by atoms with van der Waals surface area (Å²) in [5, 5.41) is 12.9. The molecule has 0 heterocycles. The van der Waals surface area contributed by atoms with Crippen LogP contribution in [-0.2, 0) is 11.2 Å². The number of hydrogen-bond donors (Lipinski definition) is 2. The Bertz CT molecular complexity index is 646. The Kier molecular flexibility index (Phi) is 4.42. The maximum atomic E-state index is 12.2. The second kappa shape index (κ2) is 6.65. The standard InChI is InChI=1S/C19H21NO2/c21-18-12-15(10-14-6-2-1-3-7-14)11-17(13-18)20-19(22)16-8-4-5-9-16/h1-3,6-7,11-13,16,21H,4-5,8-10H2,(H,20,22). The van der Waals surface area contributed by atoms with Gasteiger partial charge in [-0.3, -0.25) is 4.79 Å². The summed E-state index contributed by atoms with van der Waals surface area (Å²) >= 11 is 0. The lowest BCUT2D eigenvalue weighted by Gasteiger charge is -2.12. The van der Waals surface area contributed by atoms with Crippen LogP contribution in [0.25, 0.3) is 0 Å². The summed E-state index contributed by atoms with van der Waals surface area (Å²) in [4.78, 5) is 12.2. The van der Waals surface area contributed by atoms with Crippen LogP contribution in [0.4, 0.5) is 5.69 Å². The molecule has 2 N–H and O–H groups in total. The SMILES string of the molecule is O=C(Nc1cc(O)cc(Cc2ccccc2)c1)C1CCCC1. The van der Waals surface area contributed by atoms with Gasteiger partial charge in [-0.05, 0) is 42.5 Å². The second-order valence-electron chi connectivity index (χ2n) is 6.02. The minimum atomic E-state index is 0.0776. The summed E-state index contributed by atoms with van der Waals surface area (Å²) in [6.45, 7) is 0. The Balaban J connectivity index is 1.73. The summed E-state index contributed by atoms with van der Waals surface area (Å²) in [5.74, 6) is 0.392. The van der Waals surface area contributed by atoms with Crippen LogP contribution in [0.3, 0.4) is 0 Å². The molecule has 3 heteroatoms. The molecule has 0 bridgehead atoms. The highest BCUT2D eigenvalue weighted by Gasteiger charge is 2.22. The first kappa shape index (κ1) is 14.6. The van der Waals surface area contributed by atoms with E-state index in [-0.39, 0.29) is 17.6 Å². The Morgan fingerprint density at radius 2 is 1.77 bits per heavy atom. The Morgan fingerprint density at radius 3 is 2.50 bits per heavy atom. The van der Waals surface area contributed by atoms with Gasteiger partial charge in [0.15, 0.2) is 0 Å². The van der Waals surface area contributed by atoms with Gasteiger partial charge in [0.05, 0.1) is 0 Å². The number of amides is 1. The largest absolute Gasteiger partial charge is 0.508 e. The molecule has 2 aromatic rings. The van der Waals surface area contributed by atoms with Crippen LogP contribution in [-0.4, -0.2) is 11.0 Å². The third-order valence-corrected chi connectivity index (χ3v) is 4.22. The maximum Gasteiger partial charge on any atom is 0.227 e. The summed E-state index contributed by atoms with van der Waals surface area (Å²) in [6.07, 6.45) is 4.96. The summed E-state index contributed by atoms with van der Waals surface area (Å²) < 4.78 is 0. The van der Waals surface area contributed by atoms with Crippen molar-refractivity contribution in [2.75, 3.05) is 5.32 Å². The van der Waals surface area contributed by atoms with E-state index in [1.165, 1.54) is 5.56 Å². The Hall–Kier alpha value is -2.29. The van der Waals surface area contributed by atoms with Crippen molar-refractivity contribution in [2.45, 2.75) is 32.1 Å². The topological polar surface area (TPSA) is 49.3 Å². The molecule has 0 aliphatic heterocycles. The Labute approximate surface area is 131 Å². The van der Waals surface area contributed by atoms with Crippen molar-refractivity contribution in [2.24, 2.45) is 5.92 Å². The number of carbonyl (C=O) groups excluding carboxylic acids is 1. The van der Waals surface area contributed by atoms with Gasteiger partial charge in [0, 0.05) is 17.7 Å². The van der Waals surface area contributed by atoms with Crippen molar-refractivity contribution < 1.29 is 9.90 Å². The molecule has 0 aromatic heterocycles. The molecule has 2 aromatic carbocycles. The first-order chi connectivity index (χ1) is 10.7. The zero-order chi connectivity index (χ0) is 15.4. The summed E-state index contributed by atoms with van der Waals surface area (Å²) in [7, 11) is 0. The molecular weight excluding hydrogens is 274 g/mol. The zero-order valence-corrected chi connectivity index (χ0v) is 12.6. The van der Waals surface area contributed by atoms with Crippen LogP contribution in [0.2, 0.25) is 0 Å². The molecule has 3 rings (SSSR count). The normalized spacial score (nSPS) is 14.9. The van der Waals surface area contributed by atoms with Crippen LogP contribution >= 0.6 is 0 Å². The van der Waals surface area contributed by atoms with Gasteiger partial charge < -0.3 is 10.4 Å². The highest BCUT2D eigenvalue weighted by Crippen LogP contribution is 2.27. The number of carbonyl (C=O) groups is 1. The number of hydrogen-bond acceptors (Lipinski definition) is 2. The van der Waals surface area contributed by atoms with E-state index >= 15 is 0 Å². The molecule has 3 nitrogen and oxygen atoms in total. The first-order valence-electron chi connectivity index (χ1n) is 7.88. The fourth-order valence-electron chi connectivity index (χ4n) is 3.11. The molecule has 0 radical (unpaired) electrons. The van der Waals surface area contributed by atoms with Crippen molar-refractivity contribution in [1.82, 2.24) is 0 Å². The van der Waals surface area contributed by atoms with Crippen LogP contribution in [0.15, 0.2) is 48.5 Å². The highest BCUT2D eigenvalue weighted by molar-refractivity contribution is 5.93. The quantitative estimate of drug-likeness (QED) is 0.891. The number of rotatable bonds is 4. The van der Waals surface area contributed by atoms with Crippen LogP contribution < -0.4 is 5.32 Å². The average molecular weight is 295 g/mol. The minimum Gasteiger partial charge on any atom is -0.508 e. The van der Waals surface area contributed by atoms with Gasteiger partial charge in [-0.25, -0.2) is 0 Å². The molecular formula is C19H21NO2. The predicted molar refractivity (Wildman–Crippen MR) is 87.9 cm³/mol. The minimum absolute atomic E-state index is 0.0776. The number of nitrogens with one attached hydrogen (secondary N) is 1. The number of phenolic OH excluding ortho intramolecular Hbond substituents is 1. The fraction of sp³-hybridized carbons (Fsp3) is 0.316. The van der Waals surface area contributed by atoms with E-state index in [2.05, 4.69) is 17.4 Å². The Morgan fingerprint density at radius 1 is 1.05 bits per heavy atom. The number of anilines is 1. The van der Waals surface area contributed by atoms with E-state index < -0.39 is 0 Å². The highest BCUT2D eigenvalue weighted by atomic mass is 16.3. The lowest BCUT2D eigenvalue weighted by Crippen LogP contribution is -2.20. The predicted octanol–water partition coefficient (Wildman–Crippen LogP) is 4.11. The van der Waals surface area contributed by atoms with E-state index in [9.17, 15) is 9.90 Å².